The molecule has 40 heavy (non-hydrogen) atoms. The maximum Gasteiger partial charge on any atom is 0.322 e. The van der Waals surface area contributed by atoms with Crippen LogP contribution in [-0.2, 0) is 20.9 Å². The van der Waals surface area contributed by atoms with E-state index in [4.69, 9.17) is 9.26 Å². The average Bonchev–Trinajstić information content (AvgIpc) is 3.50. The normalized spacial score (nSPS) is 25.2. The quantitative estimate of drug-likeness (QED) is 0.439. The van der Waals surface area contributed by atoms with Gasteiger partial charge in [0.05, 0.1) is 6.20 Å². The van der Waals surface area contributed by atoms with Gasteiger partial charge in [0.1, 0.15) is 0 Å². The molecule has 1 aliphatic heterocycles. The van der Waals surface area contributed by atoms with Gasteiger partial charge in [0.25, 0.3) is 11.4 Å². The standard InChI is InChI=1S/C29H33F2N5O4/c1-27(30,31)26-33-25(35-40-26)29-10-7-28(8-11-29,9-12-29)18-36(24(38)19-5-13-39-14-6-19)22-4-2-3-20(15-22)21-16-23(37)34-32-17-21/h2-4,15-17,19H,5-14,18H2,1H3,(H,34,37). The summed E-state index contributed by atoms with van der Waals surface area (Å²) < 4.78 is 38.0. The number of hydrogen-bond acceptors (Lipinski definition) is 7. The third-order valence-electron chi connectivity index (χ3n) is 9.16. The summed E-state index contributed by atoms with van der Waals surface area (Å²) in [5.74, 6) is -3.45. The van der Waals surface area contributed by atoms with E-state index in [1.165, 1.54) is 6.07 Å². The number of aromatic amines is 1. The largest absolute Gasteiger partial charge is 0.381 e. The van der Waals surface area contributed by atoms with Crippen molar-refractivity contribution in [3.05, 3.63) is 58.6 Å². The van der Waals surface area contributed by atoms with E-state index in [-0.39, 0.29) is 28.2 Å². The zero-order chi connectivity index (χ0) is 28.0. The highest BCUT2D eigenvalue weighted by atomic mass is 19.3. The predicted molar refractivity (Wildman–Crippen MR) is 142 cm³/mol. The Morgan fingerprint density at radius 3 is 2.48 bits per heavy atom. The number of halogens is 2. The number of carbonyl (C=O) groups excluding carboxylic acids is 1. The molecule has 0 spiro atoms. The third kappa shape index (κ3) is 5.07. The number of alkyl halides is 2. The molecule has 1 aromatic carbocycles. The average molecular weight is 554 g/mol. The van der Waals surface area contributed by atoms with Crippen LogP contribution in [0.15, 0.2) is 45.8 Å². The Balaban J connectivity index is 1.27. The second-order valence-corrected chi connectivity index (χ2v) is 11.8. The Morgan fingerprint density at radius 2 is 1.82 bits per heavy atom. The summed E-state index contributed by atoms with van der Waals surface area (Å²) in [6.45, 7) is 2.47. The van der Waals surface area contributed by atoms with Gasteiger partial charge in [-0.2, -0.15) is 18.9 Å². The van der Waals surface area contributed by atoms with E-state index in [2.05, 4.69) is 20.3 Å². The van der Waals surface area contributed by atoms with Crippen LogP contribution in [0.3, 0.4) is 0 Å². The van der Waals surface area contributed by atoms with Crippen molar-refractivity contribution in [2.75, 3.05) is 24.7 Å². The zero-order valence-electron chi connectivity index (χ0n) is 22.5. The molecule has 1 N–H and O–H groups in total. The van der Waals surface area contributed by atoms with Crippen molar-refractivity contribution in [2.45, 2.75) is 69.6 Å². The van der Waals surface area contributed by atoms with Crippen molar-refractivity contribution < 1.29 is 22.8 Å². The van der Waals surface area contributed by atoms with Crippen LogP contribution in [0.1, 0.15) is 70.0 Å². The minimum atomic E-state index is -3.17. The summed E-state index contributed by atoms with van der Waals surface area (Å²) >= 11 is 0. The second kappa shape index (κ2) is 10.2. The number of nitrogens with zero attached hydrogens (tertiary/aromatic N) is 4. The number of anilines is 1. The predicted octanol–water partition coefficient (Wildman–Crippen LogP) is 4.98. The van der Waals surface area contributed by atoms with Gasteiger partial charge < -0.3 is 14.2 Å². The number of carbonyl (C=O) groups is 1. The van der Waals surface area contributed by atoms with Gasteiger partial charge in [0.2, 0.25) is 5.91 Å². The molecule has 3 aromatic rings. The summed E-state index contributed by atoms with van der Waals surface area (Å²) in [7, 11) is 0. The molecule has 0 atom stereocenters. The molecule has 4 fully saturated rings. The lowest BCUT2D eigenvalue weighted by molar-refractivity contribution is -0.126. The molecular formula is C29H33F2N5O4. The van der Waals surface area contributed by atoms with Gasteiger partial charge in [0.15, 0.2) is 5.82 Å². The number of fused-ring (bicyclic) bond motifs is 3. The first-order chi connectivity index (χ1) is 19.2. The molecule has 3 heterocycles. The first-order valence-corrected chi connectivity index (χ1v) is 13.9. The maximum atomic E-state index is 14.0. The third-order valence-corrected chi connectivity index (χ3v) is 9.16. The molecule has 2 bridgehead atoms. The Hall–Kier alpha value is -3.47. The molecule has 0 radical (unpaired) electrons. The van der Waals surface area contributed by atoms with Crippen LogP contribution >= 0.6 is 0 Å². The molecular weight excluding hydrogens is 520 g/mol. The first kappa shape index (κ1) is 26.7. The summed E-state index contributed by atoms with van der Waals surface area (Å²) in [5.41, 5.74) is 1.54. The van der Waals surface area contributed by atoms with Gasteiger partial charge in [-0.25, -0.2) is 5.10 Å². The van der Waals surface area contributed by atoms with E-state index in [0.717, 1.165) is 56.7 Å². The van der Waals surface area contributed by atoms with Gasteiger partial charge in [-0.15, -0.1) is 0 Å². The molecule has 3 saturated carbocycles. The highest BCUT2D eigenvalue weighted by Crippen LogP contribution is 2.58. The lowest BCUT2D eigenvalue weighted by Crippen LogP contribution is -2.52. The van der Waals surface area contributed by atoms with Crippen molar-refractivity contribution in [1.29, 1.82) is 0 Å². The fourth-order valence-electron chi connectivity index (χ4n) is 6.64. The fraction of sp³-hybridized carbons (Fsp3) is 0.552. The lowest BCUT2D eigenvalue weighted by Gasteiger charge is -2.53. The molecule has 9 nitrogen and oxygen atoms in total. The van der Waals surface area contributed by atoms with Gasteiger partial charge in [-0.3, -0.25) is 9.59 Å². The van der Waals surface area contributed by atoms with E-state index in [0.29, 0.717) is 44.0 Å². The highest BCUT2D eigenvalue weighted by molar-refractivity contribution is 5.96. The minimum Gasteiger partial charge on any atom is -0.381 e. The van der Waals surface area contributed by atoms with E-state index >= 15 is 0 Å². The van der Waals surface area contributed by atoms with Gasteiger partial charge in [-0.1, -0.05) is 17.3 Å². The SMILES string of the molecule is CC(F)(F)c1nc(C23CCC(CN(C(=O)C4CCOCC4)c4cccc(-c5cn[nH]c(=O)c5)c4)(CC2)CC3)no1. The zero-order valence-corrected chi connectivity index (χ0v) is 22.5. The monoisotopic (exact) mass is 553 g/mol. The number of benzene rings is 1. The molecule has 3 aliphatic carbocycles. The summed E-state index contributed by atoms with van der Waals surface area (Å²) in [4.78, 5) is 31.9. The number of H-pyrrole nitrogens is 1. The smallest absolute Gasteiger partial charge is 0.322 e. The number of rotatable bonds is 7. The van der Waals surface area contributed by atoms with Gasteiger partial charge in [-0.05, 0) is 74.5 Å². The molecule has 2 aromatic heterocycles. The van der Waals surface area contributed by atoms with Crippen LogP contribution in [-0.4, -0.2) is 46.0 Å². The molecule has 4 aliphatic rings. The van der Waals surface area contributed by atoms with Crippen LogP contribution in [0, 0.1) is 11.3 Å². The molecule has 212 valence electrons. The topological polar surface area (TPSA) is 114 Å². The van der Waals surface area contributed by atoms with Crippen molar-refractivity contribution >= 4 is 11.6 Å². The summed E-state index contributed by atoms with van der Waals surface area (Å²) in [6.07, 6.45) is 7.79. The van der Waals surface area contributed by atoms with E-state index < -0.39 is 11.8 Å². The van der Waals surface area contributed by atoms with Crippen LogP contribution in [0.4, 0.5) is 14.5 Å². The second-order valence-electron chi connectivity index (χ2n) is 11.8. The lowest BCUT2D eigenvalue weighted by atomic mass is 9.53. The molecule has 7 rings (SSSR count). The van der Waals surface area contributed by atoms with Crippen molar-refractivity contribution in [2.24, 2.45) is 11.3 Å². The Bertz CT molecular complexity index is 1420. The minimum absolute atomic E-state index is 0.0919. The van der Waals surface area contributed by atoms with Crippen molar-refractivity contribution in [1.82, 2.24) is 20.3 Å². The van der Waals surface area contributed by atoms with Crippen LogP contribution in [0.25, 0.3) is 11.1 Å². The van der Waals surface area contributed by atoms with Gasteiger partial charge >= 0.3 is 5.92 Å². The molecule has 11 heteroatoms. The van der Waals surface area contributed by atoms with Crippen LogP contribution < -0.4 is 10.5 Å². The molecule has 0 unspecified atom stereocenters. The van der Waals surface area contributed by atoms with Crippen molar-refractivity contribution in [3.63, 3.8) is 0 Å². The number of ether oxygens (including phenoxy) is 1. The van der Waals surface area contributed by atoms with Crippen LogP contribution in [0.5, 0.6) is 0 Å². The summed E-state index contributed by atoms with van der Waals surface area (Å²) in [5, 5.41) is 10.3. The maximum absolute atomic E-state index is 14.0. The number of hydrogen-bond donors (Lipinski definition) is 1. The Labute approximate surface area is 230 Å². The summed E-state index contributed by atoms with van der Waals surface area (Å²) in [6, 6.07) is 9.20. The number of nitrogens with one attached hydrogen (secondary N) is 1. The van der Waals surface area contributed by atoms with Gasteiger partial charge in [0, 0.05) is 55.3 Å². The van der Waals surface area contributed by atoms with E-state index in [9.17, 15) is 18.4 Å². The first-order valence-electron chi connectivity index (χ1n) is 13.9. The van der Waals surface area contributed by atoms with Crippen LogP contribution in [0.2, 0.25) is 0 Å². The molecule has 1 amide bonds. The highest BCUT2D eigenvalue weighted by Gasteiger charge is 2.53. The Morgan fingerprint density at radius 1 is 1.10 bits per heavy atom. The van der Waals surface area contributed by atoms with Crippen molar-refractivity contribution in [3.8, 4) is 11.1 Å². The number of amides is 1. The van der Waals surface area contributed by atoms with E-state index in [1.54, 1.807) is 6.20 Å². The van der Waals surface area contributed by atoms with E-state index in [1.807, 2.05) is 29.2 Å². The fourth-order valence-corrected chi connectivity index (χ4v) is 6.64. The molecule has 1 saturated heterocycles. The number of aromatic nitrogens is 4. The Kier molecular flexibility index (Phi) is 6.80.